The smallest absolute Gasteiger partial charge is 0.488 e. The Balaban J connectivity index is 0.000000253. The lowest BCUT2D eigenvalue weighted by Crippen LogP contribution is -2.62. The van der Waals surface area contributed by atoms with Crippen molar-refractivity contribution in [3.05, 3.63) is 174 Å². The van der Waals surface area contributed by atoms with Crippen LogP contribution < -0.4 is 41.1 Å². The molecule has 4 amide bonds. The molecule has 6 saturated carbocycles. The Bertz CT molecular complexity index is 4050. The molecule has 4 bridgehead atoms. The van der Waals surface area contributed by atoms with Gasteiger partial charge in [-0.3, -0.25) is 28.9 Å². The van der Waals surface area contributed by atoms with E-state index < -0.39 is 55.5 Å². The van der Waals surface area contributed by atoms with Gasteiger partial charge < -0.3 is 71.0 Å². The molecule has 2 aliphatic heterocycles. The third-order valence-corrected chi connectivity index (χ3v) is 25.9. The van der Waals surface area contributed by atoms with Crippen molar-refractivity contribution >= 4 is 81.0 Å². The molecule has 26 heteroatoms. The maximum absolute atomic E-state index is 14.3. The molecule has 10 N–H and O–H groups in total. The number of carbonyl (C=O) groups excluding carboxylic acids is 4. The Kier molecular flexibility index (Phi) is 33.5. The summed E-state index contributed by atoms with van der Waals surface area (Å²) in [5, 5.41) is 77.3. The number of carbonyl (C=O) groups is 4. The van der Waals surface area contributed by atoms with Gasteiger partial charge in [-0.2, -0.15) is 10.1 Å². The molecular weight excluding hydrogens is 1540 g/mol. The van der Waals surface area contributed by atoms with Crippen LogP contribution in [0.25, 0.3) is 0 Å². The molecule has 2 saturated heterocycles. The van der Waals surface area contributed by atoms with Crippen molar-refractivity contribution in [2.45, 2.75) is 190 Å². The second-order valence-electron chi connectivity index (χ2n) is 32.8. The summed E-state index contributed by atoms with van der Waals surface area (Å²) in [6.45, 7) is 17.8. The van der Waals surface area contributed by atoms with Gasteiger partial charge in [0, 0.05) is 120 Å². The second-order valence-corrected chi connectivity index (χ2v) is 34.5. The van der Waals surface area contributed by atoms with Gasteiger partial charge in [-0.1, -0.05) is 154 Å². The molecule has 17 atom stereocenters. The summed E-state index contributed by atoms with van der Waals surface area (Å²) < 4.78 is 12.3. The summed E-state index contributed by atoms with van der Waals surface area (Å²) in [4.78, 5) is 69.9. The van der Waals surface area contributed by atoms with Gasteiger partial charge >= 0.3 is 7.12 Å². The van der Waals surface area contributed by atoms with E-state index in [9.17, 15) is 49.7 Å². The number of benzene rings is 5. The molecule has 622 valence electrons. The number of ether oxygens (including phenoxy) is 2. The highest BCUT2D eigenvalue weighted by Gasteiger charge is 2.59. The van der Waals surface area contributed by atoms with Crippen LogP contribution in [-0.4, -0.2) is 194 Å². The van der Waals surface area contributed by atoms with Crippen molar-refractivity contribution in [3.8, 4) is 11.5 Å². The number of anilines is 1. The highest BCUT2D eigenvalue weighted by molar-refractivity contribution is 9.10. The third-order valence-electron chi connectivity index (χ3n) is 24.9. The fourth-order valence-corrected chi connectivity index (χ4v) is 19.6. The molecule has 3 unspecified atom stereocenters. The van der Waals surface area contributed by atoms with E-state index >= 15 is 0 Å². The minimum Gasteiger partial charge on any atom is -0.496 e. The normalized spacial score (nSPS) is 26.7. The Labute approximate surface area is 689 Å². The SMILES string of the molecule is C.C.C.CN(C)c1cc(B(O)O)cc(C(=O)NCCc2ccccc2)c1.COc1c(Br)cc(Cl)cc1CN1O[C@@H](CO)[C@@H]([C@H](C)O)C1C(=O)N[C@H]1C[C@H]2C[C@@H]([C@@H]1C)C2(C)C.COc1c(CN2O[C@@H](CO)[C@@H]([C@H](C)O)C2C(=O)N[C@H]2C[C@H]3C[C@@H]([C@@H]2C)C3(C)C)cc(Cl)cc1C1C=C(C(=O)NCCc2ccccc2)C=C(N(C)C)C1. The molecule has 5 aromatic carbocycles. The largest absolute Gasteiger partial charge is 0.496 e. The van der Waals surface area contributed by atoms with Crippen LogP contribution in [0.15, 0.2) is 131 Å². The maximum atomic E-state index is 14.3. The van der Waals surface area contributed by atoms with E-state index in [0.29, 0.717) is 109 Å². The zero-order chi connectivity index (χ0) is 80.0. The molecule has 5 aromatic rings. The van der Waals surface area contributed by atoms with Gasteiger partial charge in [0.1, 0.15) is 35.8 Å². The number of rotatable bonds is 26. The van der Waals surface area contributed by atoms with E-state index in [0.717, 1.165) is 59.3 Å². The van der Waals surface area contributed by atoms with Crippen LogP contribution in [0.2, 0.25) is 10.0 Å². The topological polar surface area (TPSA) is 288 Å². The highest BCUT2D eigenvalue weighted by atomic mass is 79.9. The van der Waals surface area contributed by atoms with Crippen molar-refractivity contribution in [2.24, 2.45) is 58.2 Å². The van der Waals surface area contributed by atoms with Crippen molar-refractivity contribution in [3.63, 3.8) is 0 Å². The number of amides is 4. The van der Waals surface area contributed by atoms with Gasteiger partial charge in [-0.15, -0.1) is 0 Å². The number of methoxy groups -OCH3 is 2. The lowest BCUT2D eigenvalue weighted by Gasteiger charge is -2.62. The van der Waals surface area contributed by atoms with Gasteiger partial charge in [-0.05, 0) is 186 Å². The van der Waals surface area contributed by atoms with Crippen molar-refractivity contribution in [1.29, 1.82) is 0 Å². The minimum absolute atomic E-state index is 0. The van der Waals surface area contributed by atoms with E-state index in [1.165, 1.54) is 18.9 Å². The van der Waals surface area contributed by atoms with E-state index in [-0.39, 0.29) is 95.6 Å². The molecule has 22 nitrogen and oxygen atoms in total. The molecule has 0 spiro atoms. The summed E-state index contributed by atoms with van der Waals surface area (Å²) in [5.74, 6) is 1.92. The number of hydrogen-bond donors (Lipinski definition) is 10. The second kappa shape index (κ2) is 40.5. The quantitative estimate of drug-likeness (QED) is 0.0230. The average Bonchev–Trinajstić information content (AvgIpc) is 1.57. The minimum atomic E-state index is -1.61. The number of aliphatic hydroxyl groups excluding tert-OH is 4. The standard InChI is InChI=1S/C42H57ClN4O6.C25H36BrClN2O5.C17H21BN2O3.3CH4/c1-24-34-19-30(42(34,3)4)20-35(24)45-41(51)38-37(25(2)49)36(23-48)53-47(38)22-29-16-31(43)21-33(39(29)52-7)27-15-28(18-32(17-27)46(5)6)40(50)44-14-13-26-11-9-8-10-12-26;1-12-17-7-15(25(17,3)4)8-19(12)28-24(32)22-21(13(2)31)20(11-30)34-29(22)10-14-6-16(27)9-18(26)23(14)33-5;1-20(2)16-11-14(10-15(12-16)18(22)23)17(21)19-9-8-13-6-4-3-5-7-13;;;/h8-12,15-16,18,21,24-25,27,30,34-38,48-49H,13-14,17,19-20,22-23H2,1-7H3,(H,44,50)(H,45,51);6,9,12-13,15,17,19-22,30-31H,7-8,10-11H2,1-5H3,(H,28,32);3-7,10-12,22-23H,8-9H2,1-2H3,(H,19,21);3*1H4/t24-,25-,27?,30+,34-,35-,36-,37+,38?;12-,13-,15+,17-,19-,20-,21+,22?;;;;/m00..../s1. The fraction of sp³-hybridized carbons (Fsp3) is 0.563. The molecule has 9 aliphatic rings. The summed E-state index contributed by atoms with van der Waals surface area (Å²) >= 11 is 16.6. The zero-order valence-corrected chi connectivity index (χ0v) is 69.0. The van der Waals surface area contributed by atoms with Gasteiger partial charge in [0.15, 0.2) is 0 Å². The number of nitrogens with one attached hydrogen (secondary N) is 4. The fourth-order valence-electron chi connectivity index (χ4n) is 18.3. The van der Waals surface area contributed by atoms with Gasteiger partial charge in [0.2, 0.25) is 11.8 Å². The molecule has 0 radical (unpaired) electrons. The zero-order valence-electron chi connectivity index (χ0n) is 65.9. The van der Waals surface area contributed by atoms with Crippen LogP contribution >= 0.6 is 39.1 Å². The number of halogens is 3. The molecule has 14 rings (SSSR count). The number of hydroxylamine groups is 4. The van der Waals surface area contributed by atoms with Gasteiger partial charge in [0.05, 0.1) is 57.2 Å². The first-order chi connectivity index (χ1) is 52.2. The maximum Gasteiger partial charge on any atom is 0.488 e. The van der Waals surface area contributed by atoms with Crippen LogP contribution in [0, 0.1) is 58.2 Å². The number of aliphatic hydroxyl groups is 4. The Hall–Kier alpha value is -6.62. The van der Waals surface area contributed by atoms with Crippen LogP contribution in [0.3, 0.4) is 0 Å². The van der Waals surface area contributed by atoms with Crippen LogP contribution in [0.4, 0.5) is 5.69 Å². The number of fused-ring (bicyclic) bond motifs is 4. The first-order valence-corrected chi connectivity index (χ1v) is 40.1. The monoisotopic (exact) mass is 1670 g/mol. The predicted molar refractivity (Wildman–Crippen MR) is 452 cm³/mol. The Morgan fingerprint density at radius 2 is 1.09 bits per heavy atom. The number of hydrogen-bond acceptors (Lipinski definition) is 18. The van der Waals surface area contributed by atoms with E-state index in [4.69, 9.17) is 42.4 Å². The molecule has 8 fully saturated rings. The highest BCUT2D eigenvalue weighted by Crippen LogP contribution is 2.62. The lowest BCUT2D eigenvalue weighted by molar-refractivity contribution is -0.183. The van der Waals surface area contributed by atoms with E-state index in [2.05, 4.69) is 78.7 Å². The summed E-state index contributed by atoms with van der Waals surface area (Å²) in [7, 11) is 9.15. The lowest BCUT2D eigenvalue weighted by atomic mass is 9.45. The van der Waals surface area contributed by atoms with Crippen molar-refractivity contribution in [1.82, 2.24) is 36.3 Å². The first-order valence-electron chi connectivity index (χ1n) is 38.6. The molecule has 113 heavy (non-hydrogen) atoms. The van der Waals surface area contributed by atoms with Gasteiger partial charge in [-0.25, -0.2) is 0 Å². The van der Waals surface area contributed by atoms with Crippen molar-refractivity contribution in [2.75, 3.05) is 73.6 Å². The first kappa shape index (κ1) is 93.5. The molecule has 0 aromatic heterocycles. The summed E-state index contributed by atoms with van der Waals surface area (Å²) in [6.07, 6.45) is 7.05. The number of nitrogens with zero attached hydrogens (tertiary/aromatic N) is 4. The molecule has 7 aliphatic carbocycles. The van der Waals surface area contributed by atoms with Gasteiger partial charge in [0.25, 0.3) is 11.8 Å². The summed E-state index contributed by atoms with van der Waals surface area (Å²) in [6, 6.07) is 30.5. The molecular formula is C87H126BBrCl2N8O14. The Morgan fingerprint density at radius 1 is 0.637 bits per heavy atom. The van der Waals surface area contributed by atoms with E-state index in [1.807, 2.05) is 117 Å². The molecule has 2 heterocycles. The Morgan fingerprint density at radius 3 is 1.50 bits per heavy atom. The third kappa shape index (κ3) is 21.4. The van der Waals surface area contributed by atoms with Crippen LogP contribution in [0.1, 0.15) is 154 Å². The van der Waals surface area contributed by atoms with Crippen LogP contribution in [0.5, 0.6) is 11.5 Å². The number of allylic oxidation sites excluding steroid dienone is 2. The predicted octanol–water partition coefficient (Wildman–Crippen LogP) is 11.3. The average molecular weight is 1670 g/mol. The van der Waals surface area contributed by atoms with Crippen molar-refractivity contribution < 1.29 is 68.8 Å². The van der Waals surface area contributed by atoms with E-state index in [1.54, 1.807) is 68.5 Å². The summed E-state index contributed by atoms with van der Waals surface area (Å²) in [5.41, 5.74) is 8.12. The van der Waals surface area contributed by atoms with Crippen LogP contribution in [-0.2, 0) is 50.0 Å².